The van der Waals surface area contributed by atoms with E-state index >= 15 is 0 Å². The molecule has 0 saturated carbocycles. The number of nitrogen functional groups attached to an aromatic ring is 1. The fourth-order valence-corrected chi connectivity index (χ4v) is 1.78. The highest BCUT2D eigenvalue weighted by Crippen LogP contribution is 2.19. The quantitative estimate of drug-likeness (QED) is 0.681. The molecule has 0 radical (unpaired) electrons. The van der Waals surface area contributed by atoms with Crippen molar-refractivity contribution in [3.63, 3.8) is 0 Å². The summed E-state index contributed by atoms with van der Waals surface area (Å²) in [6, 6.07) is 4.91. The summed E-state index contributed by atoms with van der Waals surface area (Å²) in [4.78, 5) is 11.3. The molecule has 0 atom stereocenters. The van der Waals surface area contributed by atoms with Crippen molar-refractivity contribution in [2.45, 2.75) is 20.0 Å². The maximum absolute atomic E-state index is 11.3. The Hall–Kier alpha value is -2.57. The predicted molar refractivity (Wildman–Crippen MR) is 72.4 cm³/mol. The lowest BCUT2D eigenvalue weighted by molar-refractivity contribution is 0.100. The van der Waals surface area contributed by atoms with E-state index in [1.807, 2.05) is 11.5 Å². The average Bonchev–Trinajstić information content (AvgIpc) is 2.83. The van der Waals surface area contributed by atoms with Crippen molar-refractivity contribution in [1.82, 2.24) is 14.8 Å². The number of hydrogen-bond donors (Lipinski definition) is 3. The van der Waals surface area contributed by atoms with Crippen LogP contribution in [0.1, 0.15) is 23.1 Å². The number of primary amides is 1. The maximum atomic E-state index is 11.3. The van der Waals surface area contributed by atoms with E-state index in [0.717, 1.165) is 12.4 Å². The molecule has 1 heterocycles. The second-order valence-electron chi connectivity index (χ2n) is 4.06. The van der Waals surface area contributed by atoms with E-state index in [-0.39, 0.29) is 0 Å². The van der Waals surface area contributed by atoms with Crippen LogP contribution in [0.15, 0.2) is 24.5 Å². The van der Waals surface area contributed by atoms with Gasteiger partial charge < -0.3 is 21.4 Å². The van der Waals surface area contributed by atoms with E-state index in [4.69, 9.17) is 11.5 Å². The van der Waals surface area contributed by atoms with Crippen LogP contribution in [0.2, 0.25) is 0 Å². The predicted octanol–water partition coefficient (Wildman–Crippen LogP) is 0.591. The molecule has 1 aromatic carbocycles. The monoisotopic (exact) mass is 260 g/mol. The summed E-state index contributed by atoms with van der Waals surface area (Å²) in [6.45, 7) is 3.23. The number of hydrogen-bond acceptors (Lipinski definition) is 5. The lowest BCUT2D eigenvalue weighted by Gasteiger charge is -2.11. The van der Waals surface area contributed by atoms with E-state index in [1.54, 1.807) is 24.5 Å². The zero-order valence-corrected chi connectivity index (χ0v) is 10.6. The molecule has 0 fully saturated rings. The van der Waals surface area contributed by atoms with Gasteiger partial charge in [-0.2, -0.15) is 0 Å². The van der Waals surface area contributed by atoms with Crippen molar-refractivity contribution in [3.8, 4) is 0 Å². The molecule has 0 aliphatic heterocycles. The SMILES string of the molecule is CCn1cnnc1CNc1cc(N)ccc1C(N)=O. The van der Waals surface area contributed by atoms with Gasteiger partial charge in [-0.15, -0.1) is 10.2 Å². The van der Waals surface area contributed by atoms with Crippen LogP contribution in [0.5, 0.6) is 0 Å². The first-order valence-corrected chi connectivity index (χ1v) is 5.91. The Balaban J connectivity index is 2.19. The number of carbonyl (C=O) groups is 1. The number of anilines is 2. The number of amides is 1. The van der Waals surface area contributed by atoms with E-state index < -0.39 is 5.91 Å². The molecule has 2 rings (SSSR count). The number of benzene rings is 1. The molecule has 0 spiro atoms. The van der Waals surface area contributed by atoms with Gasteiger partial charge in [0.15, 0.2) is 5.82 Å². The van der Waals surface area contributed by atoms with E-state index in [2.05, 4.69) is 15.5 Å². The van der Waals surface area contributed by atoms with Crippen LogP contribution in [0.4, 0.5) is 11.4 Å². The van der Waals surface area contributed by atoms with Crippen LogP contribution in [0.25, 0.3) is 0 Å². The highest BCUT2D eigenvalue weighted by molar-refractivity contribution is 5.99. The summed E-state index contributed by atoms with van der Waals surface area (Å²) in [6.07, 6.45) is 1.66. The molecule has 19 heavy (non-hydrogen) atoms. The van der Waals surface area contributed by atoms with Crippen LogP contribution >= 0.6 is 0 Å². The van der Waals surface area contributed by atoms with Gasteiger partial charge in [-0.1, -0.05) is 0 Å². The van der Waals surface area contributed by atoms with E-state index in [0.29, 0.717) is 23.5 Å². The smallest absolute Gasteiger partial charge is 0.250 e. The summed E-state index contributed by atoms with van der Waals surface area (Å²) < 4.78 is 1.91. The van der Waals surface area contributed by atoms with E-state index in [1.165, 1.54) is 0 Å². The third-order valence-electron chi connectivity index (χ3n) is 2.78. The molecule has 0 bridgehead atoms. The van der Waals surface area contributed by atoms with Gasteiger partial charge in [-0.25, -0.2) is 0 Å². The van der Waals surface area contributed by atoms with Crippen LogP contribution in [0, 0.1) is 0 Å². The second-order valence-corrected chi connectivity index (χ2v) is 4.06. The first kappa shape index (κ1) is 12.9. The fraction of sp³-hybridized carbons (Fsp3) is 0.250. The lowest BCUT2D eigenvalue weighted by atomic mass is 10.1. The van der Waals surface area contributed by atoms with Crippen LogP contribution in [0.3, 0.4) is 0 Å². The Morgan fingerprint density at radius 3 is 2.95 bits per heavy atom. The summed E-state index contributed by atoms with van der Waals surface area (Å²) in [5, 5.41) is 10.9. The van der Waals surface area contributed by atoms with Crippen molar-refractivity contribution in [3.05, 3.63) is 35.9 Å². The molecule has 1 aromatic heterocycles. The number of nitrogens with two attached hydrogens (primary N) is 2. The molecule has 5 N–H and O–H groups in total. The largest absolute Gasteiger partial charge is 0.399 e. The maximum Gasteiger partial charge on any atom is 0.250 e. The average molecular weight is 260 g/mol. The highest BCUT2D eigenvalue weighted by atomic mass is 16.1. The third kappa shape index (κ3) is 2.82. The third-order valence-corrected chi connectivity index (χ3v) is 2.78. The van der Waals surface area contributed by atoms with Gasteiger partial charge in [-0.05, 0) is 25.1 Å². The molecule has 0 saturated heterocycles. The van der Waals surface area contributed by atoms with Gasteiger partial charge in [0.05, 0.1) is 12.1 Å². The van der Waals surface area contributed by atoms with Gasteiger partial charge in [0.25, 0.3) is 5.91 Å². The van der Waals surface area contributed by atoms with Gasteiger partial charge >= 0.3 is 0 Å². The van der Waals surface area contributed by atoms with Gasteiger partial charge in [0.2, 0.25) is 0 Å². The number of rotatable bonds is 5. The number of nitrogens with one attached hydrogen (secondary N) is 1. The number of carbonyl (C=O) groups excluding carboxylic acids is 1. The highest BCUT2D eigenvalue weighted by Gasteiger charge is 2.09. The molecular formula is C12H16N6O. The minimum Gasteiger partial charge on any atom is -0.399 e. The molecular weight excluding hydrogens is 244 g/mol. The number of aryl methyl sites for hydroxylation is 1. The normalized spacial score (nSPS) is 10.4. The Bertz CT molecular complexity index is 592. The summed E-state index contributed by atoms with van der Waals surface area (Å²) in [7, 11) is 0. The summed E-state index contributed by atoms with van der Waals surface area (Å²) in [5.41, 5.74) is 12.6. The molecule has 1 amide bonds. The Morgan fingerprint density at radius 2 is 2.26 bits per heavy atom. The zero-order chi connectivity index (χ0) is 13.8. The first-order chi connectivity index (χ1) is 9.11. The summed E-state index contributed by atoms with van der Waals surface area (Å²) >= 11 is 0. The molecule has 0 aliphatic rings. The lowest BCUT2D eigenvalue weighted by Crippen LogP contribution is -2.15. The minimum atomic E-state index is -0.501. The molecule has 7 nitrogen and oxygen atoms in total. The van der Waals surface area contributed by atoms with Crippen molar-refractivity contribution < 1.29 is 4.79 Å². The molecule has 0 aliphatic carbocycles. The fourth-order valence-electron chi connectivity index (χ4n) is 1.78. The second kappa shape index (κ2) is 5.38. The Kier molecular flexibility index (Phi) is 3.65. The Morgan fingerprint density at radius 1 is 1.47 bits per heavy atom. The molecule has 2 aromatic rings. The minimum absolute atomic E-state index is 0.400. The van der Waals surface area contributed by atoms with Crippen LogP contribution < -0.4 is 16.8 Å². The van der Waals surface area contributed by atoms with Gasteiger partial charge in [0, 0.05) is 17.9 Å². The van der Waals surface area contributed by atoms with Crippen molar-refractivity contribution in [2.75, 3.05) is 11.1 Å². The van der Waals surface area contributed by atoms with Crippen molar-refractivity contribution >= 4 is 17.3 Å². The first-order valence-electron chi connectivity index (χ1n) is 5.91. The van der Waals surface area contributed by atoms with Crippen molar-refractivity contribution in [2.24, 2.45) is 5.73 Å². The molecule has 100 valence electrons. The topological polar surface area (TPSA) is 112 Å². The standard InChI is InChI=1S/C12H16N6O/c1-2-18-7-16-17-11(18)6-15-10-5-8(13)3-4-9(10)12(14)19/h3-5,7,15H,2,6,13H2,1H3,(H2,14,19). The van der Waals surface area contributed by atoms with E-state index in [9.17, 15) is 4.79 Å². The number of aromatic nitrogens is 3. The van der Waals surface area contributed by atoms with Crippen LogP contribution in [-0.2, 0) is 13.1 Å². The van der Waals surface area contributed by atoms with Crippen molar-refractivity contribution in [1.29, 1.82) is 0 Å². The molecule has 7 heteroatoms. The zero-order valence-electron chi connectivity index (χ0n) is 10.6. The Labute approximate surface area is 110 Å². The van der Waals surface area contributed by atoms with Gasteiger partial charge in [0.1, 0.15) is 6.33 Å². The summed E-state index contributed by atoms with van der Waals surface area (Å²) in [5.74, 6) is 0.278. The van der Waals surface area contributed by atoms with Gasteiger partial charge in [-0.3, -0.25) is 4.79 Å². The number of nitrogens with zero attached hydrogens (tertiary/aromatic N) is 3. The molecule has 0 unspecified atom stereocenters. The van der Waals surface area contributed by atoms with Crippen LogP contribution in [-0.4, -0.2) is 20.7 Å².